The van der Waals surface area contributed by atoms with Crippen LogP contribution >= 0.6 is 0 Å². The number of hydrogen-bond donors (Lipinski definition) is 2. The van der Waals surface area contributed by atoms with E-state index < -0.39 is 0 Å². The fraction of sp³-hybridized carbons (Fsp3) is 0.444. The highest BCUT2D eigenvalue weighted by Crippen LogP contribution is 2.20. The molecule has 0 atom stereocenters. The third-order valence-electron chi connectivity index (χ3n) is 3.34. The smallest absolute Gasteiger partial charge is 0.163 e. The highest BCUT2D eigenvalue weighted by Gasteiger charge is 2.06. The molecule has 0 unspecified atom stereocenters. The number of aromatic nitrogens is 2. The fourth-order valence-electron chi connectivity index (χ4n) is 2.09. The van der Waals surface area contributed by atoms with E-state index >= 15 is 0 Å². The fourth-order valence-corrected chi connectivity index (χ4v) is 2.09. The van der Waals surface area contributed by atoms with E-state index in [-0.39, 0.29) is 0 Å². The summed E-state index contributed by atoms with van der Waals surface area (Å²) < 4.78 is 0. The van der Waals surface area contributed by atoms with Gasteiger partial charge < -0.3 is 10.6 Å². The first kappa shape index (κ1) is 16.3. The zero-order chi connectivity index (χ0) is 15.8. The summed E-state index contributed by atoms with van der Waals surface area (Å²) in [5.41, 5.74) is 1.04. The number of anilines is 2. The van der Waals surface area contributed by atoms with Gasteiger partial charge in [0.1, 0.15) is 11.6 Å². The zero-order valence-electron chi connectivity index (χ0n) is 13.8. The van der Waals surface area contributed by atoms with Gasteiger partial charge >= 0.3 is 0 Å². The molecule has 2 rings (SSSR count). The molecule has 0 aliphatic rings. The van der Waals surface area contributed by atoms with Crippen molar-refractivity contribution in [3.63, 3.8) is 0 Å². The number of benzene rings is 1. The van der Waals surface area contributed by atoms with Crippen LogP contribution in [0.2, 0.25) is 0 Å². The Morgan fingerprint density at radius 3 is 2.18 bits per heavy atom. The van der Waals surface area contributed by atoms with E-state index in [1.165, 1.54) is 0 Å². The summed E-state index contributed by atoms with van der Waals surface area (Å²) in [6, 6.07) is 12.1. The minimum atomic E-state index is 0.681. The zero-order valence-corrected chi connectivity index (χ0v) is 13.8. The van der Waals surface area contributed by atoms with Gasteiger partial charge in [-0.05, 0) is 18.8 Å². The second-order valence-electron chi connectivity index (χ2n) is 5.86. The SMILES string of the molecule is CCCNc1cc(NCCC(C)C)nc(-c2ccccc2)n1. The van der Waals surface area contributed by atoms with E-state index in [0.717, 1.165) is 49.0 Å². The van der Waals surface area contributed by atoms with Crippen LogP contribution in [0.3, 0.4) is 0 Å². The van der Waals surface area contributed by atoms with Crippen LogP contribution in [0.25, 0.3) is 11.4 Å². The maximum absolute atomic E-state index is 4.65. The van der Waals surface area contributed by atoms with Gasteiger partial charge in [-0.2, -0.15) is 0 Å². The third kappa shape index (κ3) is 5.02. The van der Waals surface area contributed by atoms with Crippen molar-refractivity contribution in [2.75, 3.05) is 23.7 Å². The van der Waals surface area contributed by atoms with Crippen LogP contribution in [-0.2, 0) is 0 Å². The first-order chi connectivity index (χ1) is 10.7. The lowest BCUT2D eigenvalue weighted by atomic mass is 10.1. The Hall–Kier alpha value is -2.10. The average Bonchev–Trinajstić information content (AvgIpc) is 2.53. The molecule has 0 fully saturated rings. The molecular formula is C18H26N4. The standard InChI is InChI=1S/C18H26N4/c1-4-11-19-16-13-17(20-12-10-14(2)3)22-18(21-16)15-8-6-5-7-9-15/h5-9,13-14H,4,10-12H2,1-3H3,(H2,19,20,21,22). The van der Waals surface area contributed by atoms with Crippen molar-refractivity contribution in [2.45, 2.75) is 33.6 Å². The van der Waals surface area contributed by atoms with Gasteiger partial charge in [0.2, 0.25) is 0 Å². The molecule has 0 aliphatic carbocycles. The summed E-state index contributed by atoms with van der Waals surface area (Å²) in [7, 11) is 0. The maximum Gasteiger partial charge on any atom is 0.163 e. The lowest BCUT2D eigenvalue weighted by molar-refractivity contribution is 0.606. The van der Waals surface area contributed by atoms with Gasteiger partial charge in [-0.25, -0.2) is 9.97 Å². The van der Waals surface area contributed by atoms with Crippen molar-refractivity contribution in [3.05, 3.63) is 36.4 Å². The summed E-state index contributed by atoms with van der Waals surface area (Å²) in [6.45, 7) is 8.44. The monoisotopic (exact) mass is 298 g/mol. The third-order valence-corrected chi connectivity index (χ3v) is 3.34. The molecule has 4 nitrogen and oxygen atoms in total. The number of hydrogen-bond acceptors (Lipinski definition) is 4. The van der Waals surface area contributed by atoms with Crippen LogP contribution in [0.15, 0.2) is 36.4 Å². The van der Waals surface area contributed by atoms with Gasteiger partial charge in [-0.3, -0.25) is 0 Å². The summed E-state index contributed by atoms with van der Waals surface area (Å²) in [4.78, 5) is 9.27. The Morgan fingerprint density at radius 1 is 0.955 bits per heavy atom. The number of rotatable bonds is 8. The van der Waals surface area contributed by atoms with Gasteiger partial charge in [0.15, 0.2) is 5.82 Å². The Labute approximate surface area is 133 Å². The summed E-state index contributed by atoms with van der Waals surface area (Å²) in [5.74, 6) is 3.20. The Kier molecular flexibility index (Phi) is 6.19. The summed E-state index contributed by atoms with van der Waals surface area (Å²) >= 11 is 0. The van der Waals surface area contributed by atoms with Crippen molar-refractivity contribution in [2.24, 2.45) is 5.92 Å². The van der Waals surface area contributed by atoms with Gasteiger partial charge in [-0.15, -0.1) is 0 Å². The lowest BCUT2D eigenvalue weighted by Crippen LogP contribution is -2.09. The molecule has 0 amide bonds. The van der Waals surface area contributed by atoms with E-state index in [0.29, 0.717) is 5.92 Å². The molecule has 2 aromatic rings. The molecule has 0 aliphatic heterocycles. The molecule has 1 aromatic carbocycles. The molecule has 0 saturated heterocycles. The topological polar surface area (TPSA) is 49.8 Å². The second kappa shape index (κ2) is 8.37. The van der Waals surface area contributed by atoms with Crippen molar-refractivity contribution in [3.8, 4) is 11.4 Å². The summed E-state index contributed by atoms with van der Waals surface area (Å²) in [5, 5.41) is 6.76. The van der Waals surface area contributed by atoms with Crippen LogP contribution in [-0.4, -0.2) is 23.1 Å². The van der Waals surface area contributed by atoms with E-state index in [1.807, 2.05) is 36.4 Å². The molecule has 1 aromatic heterocycles. The van der Waals surface area contributed by atoms with E-state index in [4.69, 9.17) is 0 Å². The van der Waals surface area contributed by atoms with Crippen LogP contribution in [0.5, 0.6) is 0 Å². The number of nitrogens with zero attached hydrogens (tertiary/aromatic N) is 2. The van der Waals surface area contributed by atoms with Crippen LogP contribution in [0.4, 0.5) is 11.6 Å². The van der Waals surface area contributed by atoms with Crippen LogP contribution in [0.1, 0.15) is 33.6 Å². The Bertz CT molecular complexity index is 567. The molecule has 0 spiro atoms. The normalized spacial score (nSPS) is 10.7. The minimum Gasteiger partial charge on any atom is -0.370 e. The van der Waals surface area contributed by atoms with Crippen molar-refractivity contribution in [1.29, 1.82) is 0 Å². The first-order valence-corrected chi connectivity index (χ1v) is 8.11. The summed E-state index contributed by atoms with van der Waals surface area (Å²) in [6.07, 6.45) is 2.20. The highest BCUT2D eigenvalue weighted by molar-refractivity contribution is 5.61. The molecule has 118 valence electrons. The van der Waals surface area contributed by atoms with E-state index in [1.54, 1.807) is 0 Å². The molecule has 0 radical (unpaired) electrons. The van der Waals surface area contributed by atoms with Crippen molar-refractivity contribution >= 4 is 11.6 Å². The average molecular weight is 298 g/mol. The van der Waals surface area contributed by atoms with Gasteiger partial charge in [0.05, 0.1) is 0 Å². The Morgan fingerprint density at radius 2 is 1.59 bits per heavy atom. The molecular weight excluding hydrogens is 272 g/mol. The Balaban J connectivity index is 2.20. The van der Waals surface area contributed by atoms with Crippen LogP contribution in [0, 0.1) is 5.92 Å². The minimum absolute atomic E-state index is 0.681. The molecule has 2 N–H and O–H groups in total. The first-order valence-electron chi connectivity index (χ1n) is 8.11. The molecule has 4 heteroatoms. The quantitative estimate of drug-likeness (QED) is 0.757. The highest BCUT2D eigenvalue weighted by atomic mass is 15.1. The predicted molar refractivity (Wildman–Crippen MR) is 94.2 cm³/mol. The molecule has 1 heterocycles. The van der Waals surface area contributed by atoms with Gasteiger partial charge in [0, 0.05) is 24.7 Å². The van der Waals surface area contributed by atoms with Crippen LogP contribution < -0.4 is 10.6 Å². The van der Waals surface area contributed by atoms with E-state index in [2.05, 4.69) is 41.4 Å². The maximum atomic E-state index is 4.65. The largest absolute Gasteiger partial charge is 0.370 e. The van der Waals surface area contributed by atoms with Crippen molar-refractivity contribution < 1.29 is 0 Å². The molecule has 22 heavy (non-hydrogen) atoms. The molecule has 0 bridgehead atoms. The van der Waals surface area contributed by atoms with Gasteiger partial charge in [0.25, 0.3) is 0 Å². The second-order valence-corrected chi connectivity index (χ2v) is 5.86. The van der Waals surface area contributed by atoms with Crippen molar-refractivity contribution in [1.82, 2.24) is 9.97 Å². The molecule has 0 saturated carbocycles. The lowest BCUT2D eigenvalue weighted by Gasteiger charge is -2.12. The predicted octanol–water partition coefficient (Wildman–Crippen LogP) is 4.42. The number of nitrogens with one attached hydrogen (secondary N) is 2. The van der Waals surface area contributed by atoms with Gasteiger partial charge in [-0.1, -0.05) is 51.1 Å². The van der Waals surface area contributed by atoms with E-state index in [9.17, 15) is 0 Å².